The van der Waals surface area contributed by atoms with Crippen molar-refractivity contribution in [3.63, 3.8) is 0 Å². The second kappa shape index (κ2) is 4.96. The van der Waals surface area contributed by atoms with Gasteiger partial charge in [0.05, 0.1) is 6.10 Å². The first-order chi connectivity index (χ1) is 8.10. The molecular weight excluding hydrogens is 216 g/mol. The average molecular weight is 236 g/mol. The molecule has 0 aliphatic carbocycles. The first-order valence-corrected chi connectivity index (χ1v) is 6.23. The Morgan fingerprint density at radius 1 is 1.18 bits per heavy atom. The molecule has 3 heteroatoms. The lowest BCUT2D eigenvalue weighted by Gasteiger charge is -2.13. The molecule has 0 spiro atoms. The van der Waals surface area contributed by atoms with E-state index in [-0.39, 0.29) is 6.10 Å². The molecule has 0 aromatic heterocycles. The van der Waals surface area contributed by atoms with Crippen molar-refractivity contribution >= 4 is 0 Å². The fourth-order valence-electron chi connectivity index (χ4n) is 1.77. The number of benzene rings is 1. The van der Waals surface area contributed by atoms with Crippen molar-refractivity contribution in [3.8, 4) is 11.5 Å². The van der Waals surface area contributed by atoms with Crippen LogP contribution in [0.15, 0.2) is 18.2 Å². The van der Waals surface area contributed by atoms with Gasteiger partial charge in [-0.2, -0.15) is 0 Å². The van der Waals surface area contributed by atoms with Gasteiger partial charge in [-0.05, 0) is 43.9 Å². The van der Waals surface area contributed by atoms with Gasteiger partial charge in [-0.25, -0.2) is 0 Å². The second-order valence-electron chi connectivity index (χ2n) is 4.72. The second-order valence-corrected chi connectivity index (χ2v) is 4.72. The van der Waals surface area contributed by atoms with Gasteiger partial charge in [-0.15, -0.1) is 0 Å². The highest BCUT2D eigenvalue weighted by molar-refractivity contribution is 5.45. The van der Waals surface area contributed by atoms with Crippen LogP contribution in [-0.4, -0.2) is 12.6 Å². The summed E-state index contributed by atoms with van der Waals surface area (Å²) < 4.78 is 16.6. The van der Waals surface area contributed by atoms with Gasteiger partial charge in [0.1, 0.15) is 0 Å². The molecule has 94 valence electrons. The molecule has 17 heavy (non-hydrogen) atoms. The van der Waals surface area contributed by atoms with Crippen LogP contribution in [0.2, 0.25) is 0 Å². The van der Waals surface area contributed by atoms with Gasteiger partial charge in [0.25, 0.3) is 0 Å². The quantitative estimate of drug-likeness (QED) is 0.798. The number of hydrogen-bond donors (Lipinski definition) is 0. The van der Waals surface area contributed by atoms with Gasteiger partial charge in [-0.1, -0.05) is 19.9 Å². The van der Waals surface area contributed by atoms with Gasteiger partial charge in [0, 0.05) is 0 Å². The minimum atomic E-state index is -0.600. The molecule has 0 saturated heterocycles. The van der Waals surface area contributed by atoms with Crippen LogP contribution in [0.4, 0.5) is 0 Å². The summed E-state index contributed by atoms with van der Waals surface area (Å²) >= 11 is 0. The summed E-state index contributed by atoms with van der Waals surface area (Å²) in [5, 5.41) is 0. The first kappa shape index (κ1) is 12.2. The molecular formula is C14H20O3. The maximum atomic E-state index is 5.61. The molecule has 1 aromatic rings. The minimum Gasteiger partial charge on any atom is -0.428 e. The lowest BCUT2D eigenvalue weighted by Crippen LogP contribution is -2.25. The molecule has 1 aliphatic heterocycles. The van der Waals surface area contributed by atoms with Crippen LogP contribution in [0.5, 0.6) is 11.5 Å². The Balaban J connectivity index is 2.11. The Bertz CT molecular complexity index is 387. The topological polar surface area (TPSA) is 27.7 Å². The van der Waals surface area contributed by atoms with E-state index < -0.39 is 6.48 Å². The first-order valence-electron chi connectivity index (χ1n) is 6.23. The van der Waals surface area contributed by atoms with Gasteiger partial charge < -0.3 is 14.2 Å². The Hall–Kier alpha value is -1.22. The Kier molecular flexibility index (Phi) is 3.57. The largest absolute Gasteiger partial charge is 0.428 e. The molecule has 1 heterocycles. The Labute approximate surface area is 103 Å². The van der Waals surface area contributed by atoms with Crippen LogP contribution in [0.1, 0.15) is 45.6 Å². The van der Waals surface area contributed by atoms with Crippen LogP contribution >= 0.6 is 0 Å². The number of rotatable bonds is 4. The number of fused-ring (bicyclic) bond motifs is 1. The van der Waals surface area contributed by atoms with Crippen LogP contribution in [0, 0.1) is 0 Å². The molecule has 1 aromatic carbocycles. The smallest absolute Gasteiger partial charge is 0.361 e. The van der Waals surface area contributed by atoms with Crippen molar-refractivity contribution in [2.45, 2.75) is 52.6 Å². The fraction of sp³-hybridized carbons (Fsp3) is 0.571. The molecule has 0 amide bonds. The van der Waals surface area contributed by atoms with Crippen molar-refractivity contribution in [2.24, 2.45) is 0 Å². The molecule has 0 radical (unpaired) electrons. The number of hydrogen-bond acceptors (Lipinski definition) is 3. The van der Waals surface area contributed by atoms with Gasteiger partial charge in [-0.3, -0.25) is 0 Å². The maximum Gasteiger partial charge on any atom is 0.361 e. The van der Waals surface area contributed by atoms with E-state index in [0.29, 0.717) is 5.92 Å². The molecule has 1 aliphatic rings. The van der Waals surface area contributed by atoms with Crippen molar-refractivity contribution < 1.29 is 14.2 Å². The van der Waals surface area contributed by atoms with E-state index in [2.05, 4.69) is 19.9 Å². The predicted molar refractivity (Wildman–Crippen MR) is 66.4 cm³/mol. The number of ether oxygens (including phenoxy) is 3. The van der Waals surface area contributed by atoms with Crippen molar-refractivity contribution in [1.29, 1.82) is 0 Å². The Morgan fingerprint density at radius 3 is 2.53 bits per heavy atom. The third-order valence-electron chi connectivity index (χ3n) is 2.98. The normalized spacial score (nSPS) is 19.7. The van der Waals surface area contributed by atoms with Crippen molar-refractivity contribution in [2.75, 3.05) is 0 Å². The fourth-order valence-corrected chi connectivity index (χ4v) is 1.77. The van der Waals surface area contributed by atoms with E-state index in [4.69, 9.17) is 14.2 Å². The highest BCUT2D eigenvalue weighted by Gasteiger charge is 2.26. The minimum absolute atomic E-state index is 0.0864. The van der Waals surface area contributed by atoms with E-state index in [9.17, 15) is 0 Å². The molecule has 2 unspecified atom stereocenters. The van der Waals surface area contributed by atoms with Gasteiger partial charge in [0.15, 0.2) is 11.5 Å². The Morgan fingerprint density at radius 2 is 1.88 bits per heavy atom. The zero-order valence-corrected chi connectivity index (χ0v) is 10.9. The third kappa shape index (κ3) is 2.72. The van der Waals surface area contributed by atoms with E-state index in [0.717, 1.165) is 17.9 Å². The molecule has 2 rings (SSSR count). The summed E-state index contributed by atoms with van der Waals surface area (Å²) in [5.41, 5.74) is 1.28. The SMILES string of the molecule is CCC(C)c1ccc2c(c1)OC(OC(C)C)O2. The monoisotopic (exact) mass is 236 g/mol. The van der Waals surface area contributed by atoms with Gasteiger partial charge in [0.2, 0.25) is 0 Å². The summed E-state index contributed by atoms with van der Waals surface area (Å²) in [7, 11) is 0. The maximum absolute atomic E-state index is 5.61. The molecule has 0 saturated carbocycles. The average Bonchev–Trinajstić information content (AvgIpc) is 2.67. The lowest BCUT2D eigenvalue weighted by atomic mass is 9.98. The summed E-state index contributed by atoms with van der Waals surface area (Å²) in [6, 6.07) is 6.10. The molecule has 0 bridgehead atoms. The van der Waals surface area contributed by atoms with E-state index in [1.54, 1.807) is 0 Å². The van der Waals surface area contributed by atoms with Crippen LogP contribution in [0.3, 0.4) is 0 Å². The molecule has 0 fully saturated rings. The molecule has 0 N–H and O–H groups in total. The third-order valence-corrected chi connectivity index (χ3v) is 2.98. The summed E-state index contributed by atoms with van der Waals surface area (Å²) in [6.07, 6.45) is 1.20. The summed E-state index contributed by atoms with van der Waals surface area (Å²) in [6.45, 7) is 7.71. The highest BCUT2D eigenvalue weighted by atomic mass is 16.9. The van der Waals surface area contributed by atoms with Crippen LogP contribution in [0.25, 0.3) is 0 Å². The standard InChI is InChI=1S/C14H20O3/c1-5-10(4)11-6-7-12-13(8-11)17-14(16-12)15-9(2)3/h6-10,14H,5H2,1-4H3. The molecule has 2 atom stereocenters. The summed E-state index contributed by atoms with van der Waals surface area (Å²) in [5.74, 6) is 2.09. The predicted octanol–water partition coefficient (Wildman–Crippen LogP) is 3.68. The van der Waals surface area contributed by atoms with E-state index in [1.165, 1.54) is 5.56 Å². The molecule has 3 nitrogen and oxygen atoms in total. The lowest BCUT2D eigenvalue weighted by molar-refractivity contribution is -0.196. The zero-order chi connectivity index (χ0) is 12.4. The van der Waals surface area contributed by atoms with E-state index >= 15 is 0 Å². The van der Waals surface area contributed by atoms with Crippen molar-refractivity contribution in [1.82, 2.24) is 0 Å². The highest BCUT2D eigenvalue weighted by Crippen LogP contribution is 2.37. The van der Waals surface area contributed by atoms with Crippen LogP contribution < -0.4 is 9.47 Å². The van der Waals surface area contributed by atoms with Crippen LogP contribution in [-0.2, 0) is 4.74 Å². The van der Waals surface area contributed by atoms with E-state index in [1.807, 2.05) is 26.0 Å². The van der Waals surface area contributed by atoms with Gasteiger partial charge >= 0.3 is 6.48 Å². The summed E-state index contributed by atoms with van der Waals surface area (Å²) in [4.78, 5) is 0. The van der Waals surface area contributed by atoms with Crippen molar-refractivity contribution in [3.05, 3.63) is 23.8 Å². The zero-order valence-electron chi connectivity index (χ0n) is 10.9.